The normalized spacial score (nSPS) is 13.4. The molecule has 0 N–H and O–H groups in total. The molecule has 0 aromatic heterocycles. The van der Waals surface area contributed by atoms with Gasteiger partial charge in [-0.15, -0.1) is 0 Å². The molecule has 1 unspecified atom stereocenters. The summed E-state index contributed by atoms with van der Waals surface area (Å²) in [6, 6.07) is 6.50. The van der Waals surface area contributed by atoms with E-state index < -0.39 is 33.7 Å². The molecule has 26 heavy (non-hydrogen) atoms. The molecule has 0 saturated heterocycles. The van der Waals surface area contributed by atoms with Gasteiger partial charge in [-0.1, -0.05) is 23.7 Å². The highest BCUT2D eigenvalue weighted by molar-refractivity contribution is 7.86. The lowest BCUT2D eigenvalue weighted by Crippen LogP contribution is -2.40. The van der Waals surface area contributed by atoms with Crippen LogP contribution in [-0.2, 0) is 16.8 Å². The highest BCUT2D eigenvalue weighted by atomic mass is 35.5. The van der Waals surface area contributed by atoms with Crippen molar-refractivity contribution in [3.63, 3.8) is 0 Å². The summed E-state index contributed by atoms with van der Waals surface area (Å²) in [6.45, 7) is 1.26. The van der Waals surface area contributed by atoms with Crippen LogP contribution in [0.1, 0.15) is 24.1 Å². The second-order valence-corrected chi connectivity index (χ2v) is 8.33. The van der Waals surface area contributed by atoms with E-state index in [9.17, 15) is 21.6 Å². The molecule has 1 atom stereocenters. The Bertz CT molecular complexity index is 889. The summed E-state index contributed by atoms with van der Waals surface area (Å²) < 4.78 is 67.8. The van der Waals surface area contributed by atoms with Crippen LogP contribution in [0.3, 0.4) is 0 Å². The molecule has 0 bridgehead atoms. The second kappa shape index (κ2) is 7.96. The van der Waals surface area contributed by atoms with Gasteiger partial charge in [0.25, 0.3) is 10.2 Å². The predicted molar refractivity (Wildman–Crippen MR) is 94.3 cm³/mol. The smallest absolute Gasteiger partial charge is 0.207 e. The maximum absolute atomic E-state index is 13.9. The molecule has 2 aromatic carbocycles. The highest BCUT2D eigenvalue weighted by Crippen LogP contribution is 2.26. The van der Waals surface area contributed by atoms with Crippen molar-refractivity contribution in [3.8, 4) is 0 Å². The summed E-state index contributed by atoms with van der Waals surface area (Å²) in [7, 11) is -1.43. The summed E-state index contributed by atoms with van der Waals surface area (Å²) in [6.07, 6.45) is 0. The number of hydrogen-bond acceptors (Lipinski definition) is 2. The van der Waals surface area contributed by atoms with E-state index in [1.165, 1.54) is 45.3 Å². The van der Waals surface area contributed by atoms with Gasteiger partial charge >= 0.3 is 0 Å². The fourth-order valence-electron chi connectivity index (χ4n) is 2.39. The fourth-order valence-corrected chi connectivity index (χ4v) is 3.87. The Morgan fingerprint density at radius 3 is 2.27 bits per heavy atom. The molecular formula is C17H18ClF3N2O2S. The van der Waals surface area contributed by atoms with E-state index in [0.717, 1.165) is 20.7 Å². The summed E-state index contributed by atoms with van der Waals surface area (Å²) in [5.41, 5.74) is 0.335. The third-order valence-electron chi connectivity index (χ3n) is 4.17. The average Bonchev–Trinajstić information content (AvgIpc) is 2.59. The molecule has 0 aliphatic carbocycles. The standard InChI is InChI=1S/C17H18ClF3N2O2S/c1-11(12-7-8-16(20)17(21)9-12)23(3)26(24,25)22(2)10-13-14(18)5-4-6-15(13)19/h4-9,11H,10H2,1-3H3. The van der Waals surface area contributed by atoms with E-state index >= 15 is 0 Å². The van der Waals surface area contributed by atoms with Crippen molar-refractivity contribution in [2.24, 2.45) is 0 Å². The zero-order valence-electron chi connectivity index (χ0n) is 14.4. The van der Waals surface area contributed by atoms with Gasteiger partial charge in [-0.3, -0.25) is 0 Å². The lowest BCUT2D eigenvalue weighted by atomic mass is 10.1. The van der Waals surface area contributed by atoms with Crippen molar-refractivity contribution in [3.05, 3.63) is 70.0 Å². The summed E-state index contributed by atoms with van der Waals surface area (Å²) in [5, 5.41) is 0.114. The minimum atomic E-state index is -4.02. The van der Waals surface area contributed by atoms with Crippen molar-refractivity contribution in [2.75, 3.05) is 14.1 Å². The van der Waals surface area contributed by atoms with Crippen molar-refractivity contribution >= 4 is 21.8 Å². The molecule has 0 spiro atoms. The van der Waals surface area contributed by atoms with Crippen molar-refractivity contribution in [2.45, 2.75) is 19.5 Å². The molecule has 9 heteroatoms. The zero-order valence-corrected chi connectivity index (χ0v) is 16.0. The van der Waals surface area contributed by atoms with Gasteiger partial charge in [-0.05, 0) is 36.8 Å². The van der Waals surface area contributed by atoms with Gasteiger partial charge in [0.1, 0.15) is 5.82 Å². The topological polar surface area (TPSA) is 40.6 Å². The molecule has 2 rings (SSSR count). The van der Waals surface area contributed by atoms with Gasteiger partial charge < -0.3 is 0 Å². The molecule has 4 nitrogen and oxygen atoms in total. The number of rotatable bonds is 6. The molecule has 142 valence electrons. The Kier molecular flexibility index (Phi) is 6.33. The van der Waals surface area contributed by atoms with E-state index in [0.29, 0.717) is 0 Å². The van der Waals surface area contributed by atoms with E-state index in [1.807, 2.05) is 0 Å². The lowest BCUT2D eigenvalue weighted by Gasteiger charge is -2.29. The Balaban J connectivity index is 2.25. The molecule has 0 radical (unpaired) electrons. The Labute approximate surface area is 156 Å². The van der Waals surface area contributed by atoms with Gasteiger partial charge in [0.2, 0.25) is 0 Å². The van der Waals surface area contributed by atoms with E-state index in [-0.39, 0.29) is 22.7 Å². The SMILES string of the molecule is CC(c1ccc(F)c(F)c1)N(C)S(=O)(=O)N(C)Cc1c(F)cccc1Cl. The van der Waals surface area contributed by atoms with Crippen LogP contribution in [0.25, 0.3) is 0 Å². The minimum Gasteiger partial charge on any atom is -0.207 e. The molecule has 0 amide bonds. The van der Waals surface area contributed by atoms with Crippen molar-refractivity contribution in [1.29, 1.82) is 0 Å². The van der Waals surface area contributed by atoms with Gasteiger partial charge in [0, 0.05) is 37.3 Å². The number of benzene rings is 2. The largest absolute Gasteiger partial charge is 0.282 e. The second-order valence-electron chi connectivity index (χ2n) is 5.83. The third-order valence-corrected chi connectivity index (χ3v) is 6.49. The maximum Gasteiger partial charge on any atom is 0.282 e. The Morgan fingerprint density at radius 2 is 1.69 bits per heavy atom. The lowest BCUT2D eigenvalue weighted by molar-refractivity contribution is 0.344. The van der Waals surface area contributed by atoms with E-state index in [1.54, 1.807) is 0 Å². The average molecular weight is 407 g/mol. The van der Waals surface area contributed by atoms with Crippen LogP contribution in [0.2, 0.25) is 5.02 Å². The predicted octanol–water partition coefficient (Wildman–Crippen LogP) is 4.13. The van der Waals surface area contributed by atoms with Gasteiger partial charge in [-0.25, -0.2) is 13.2 Å². The van der Waals surface area contributed by atoms with Crippen LogP contribution in [0.5, 0.6) is 0 Å². The third kappa shape index (κ3) is 4.20. The van der Waals surface area contributed by atoms with E-state index in [2.05, 4.69) is 0 Å². The van der Waals surface area contributed by atoms with Crippen LogP contribution in [0.4, 0.5) is 13.2 Å². The first-order valence-corrected chi connectivity index (χ1v) is 9.40. The number of hydrogen-bond donors (Lipinski definition) is 0. The monoisotopic (exact) mass is 406 g/mol. The highest BCUT2D eigenvalue weighted by Gasteiger charge is 2.30. The fraction of sp³-hybridized carbons (Fsp3) is 0.294. The zero-order chi connectivity index (χ0) is 19.6. The van der Waals surface area contributed by atoms with Crippen LogP contribution in [0.15, 0.2) is 36.4 Å². The number of nitrogens with zero attached hydrogens (tertiary/aromatic N) is 2. The Hall–Kier alpha value is -1.61. The van der Waals surface area contributed by atoms with Crippen LogP contribution in [0, 0.1) is 17.5 Å². The summed E-state index contributed by atoms with van der Waals surface area (Å²) >= 11 is 5.94. The van der Waals surface area contributed by atoms with Crippen molar-refractivity contribution < 1.29 is 21.6 Å². The summed E-state index contributed by atoms with van der Waals surface area (Å²) in [5.74, 6) is -2.69. The molecule has 2 aromatic rings. The van der Waals surface area contributed by atoms with Gasteiger partial charge in [0.15, 0.2) is 11.6 Å². The number of halogens is 4. The van der Waals surface area contributed by atoms with E-state index in [4.69, 9.17) is 11.6 Å². The summed E-state index contributed by atoms with van der Waals surface area (Å²) in [4.78, 5) is 0. The molecule has 0 heterocycles. The van der Waals surface area contributed by atoms with Gasteiger partial charge in [-0.2, -0.15) is 17.0 Å². The minimum absolute atomic E-state index is 0.0501. The molecule has 0 saturated carbocycles. The molecular weight excluding hydrogens is 389 g/mol. The van der Waals surface area contributed by atoms with Crippen LogP contribution in [-0.4, -0.2) is 31.1 Å². The van der Waals surface area contributed by atoms with Crippen molar-refractivity contribution in [1.82, 2.24) is 8.61 Å². The quantitative estimate of drug-likeness (QED) is 0.723. The maximum atomic E-state index is 13.9. The first-order valence-electron chi connectivity index (χ1n) is 7.62. The first-order chi connectivity index (χ1) is 12.1. The van der Waals surface area contributed by atoms with Gasteiger partial charge in [0.05, 0.1) is 0 Å². The molecule has 0 aliphatic heterocycles. The van der Waals surface area contributed by atoms with Crippen LogP contribution >= 0.6 is 11.6 Å². The Morgan fingerprint density at radius 1 is 1.04 bits per heavy atom. The van der Waals surface area contributed by atoms with Crippen LogP contribution < -0.4 is 0 Å². The molecule has 0 fully saturated rings. The molecule has 0 aliphatic rings. The first kappa shape index (κ1) is 20.7.